The number of likely N-dealkylation sites (N-methyl/N-ethyl adjacent to an activating group) is 1. The normalized spacial score (nSPS) is 22.6. The topological polar surface area (TPSA) is 213 Å². The number of benzene rings is 5. The van der Waals surface area contributed by atoms with Gasteiger partial charge in [0.05, 0.1) is 28.3 Å². The number of para-hydroxylation sites is 2. The van der Waals surface area contributed by atoms with Gasteiger partial charge >= 0.3 is 12.0 Å². The number of carboxylic acids is 1. The van der Waals surface area contributed by atoms with E-state index in [1.165, 1.54) is 51.2 Å². The molecule has 5 aromatic carbocycles. The molecule has 0 aromatic heterocycles. The van der Waals surface area contributed by atoms with E-state index in [0.29, 0.717) is 54.6 Å². The number of aliphatic hydroxyl groups is 1. The summed E-state index contributed by atoms with van der Waals surface area (Å²) < 4.78 is 6.04. The zero-order chi connectivity index (χ0) is 67.0. The highest BCUT2D eigenvalue weighted by Gasteiger charge is 2.73. The molecule has 17 heteroatoms. The van der Waals surface area contributed by atoms with Crippen molar-refractivity contribution in [1.29, 1.82) is 0 Å². The van der Waals surface area contributed by atoms with E-state index >= 15 is 0 Å². The summed E-state index contributed by atoms with van der Waals surface area (Å²) in [6, 6.07) is 36.3. The number of ether oxygens (including phenoxy) is 1. The van der Waals surface area contributed by atoms with Gasteiger partial charge in [0.25, 0.3) is 0 Å². The summed E-state index contributed by atoms with van der Waals surface area (Å²) in [5.41, 5.74) is 5.30. The van der Waals surface area contributed by atoms with Crippen molar-refractivity contribution in [3.8, 4) is 17.2 Å². The maximum atomic E-state index is 12.7. The lowest BCUT2D eigenvalue weighted by atomic mass is 9.49. The Labute approximate surface area is 550 Å². The number of aromatic hydroxyl groups is 2. The highest BCUT2D eigenvalue weighted by atomic mass is 32.2. The number of rotatable bonds is 18. The Kier molecular flexibility index (Phi) is 23.4. The summed E-state index contributed by atoms with van der Waals surface area (Å²) in [4.78, 5) is 70.2. The Bertz CT molecular complexity index is 3360. The Morgan fingerprint density at radius 1 is 0.804 bits per heavy atom. The number of hydrogen-bond acceptors (Lipinski definition) is 14. The van der Waals surface area contributed by atoms with E-state index < -0.39 is 52.3 Å². The number of carbonyl (C=O) groups is 5. The highest BCUT2D eigenvalue weighted by Crippen LogP contribution is 2.65. The van der Waals surface area contributed by atoms with Gasteiger partial charge < -0.3 is 39.9 Å². The first-order chi connectivity index (χ1) is 43.7. The van der Waals surface area contributed by atoms with Crippen LogP contribution in [0.25, 0.3) is 0 Å². The molecule has 4 amide bonds. The van der Waals surface area contributed by atoms with Crippen LogP contribution >= 0.6 is 11.8 Å². The lowest BCUT2D eigenvalue weighted by molar-refractivity contribution is -0.188. The van der Waals surface area contributed by atoms with Crippen LogP contribution in [0, 0.1) is 29.1 Å². The molecule has 1 spiro atoms. The lowest BCUT2D eigenvalue weighted by Crippen LogP contribution is -2.76. The number of anilines is 2. The van der Waals surface area contributed by atoms with Gasteiger partial charge in [0, 0.05) is 53.5 Å². The monoisotopic (exact) mass is 1280 g/mol. The van der Waals surface area contributed by atoms with Crippen molar-refractivity contribution >= 4 is 52.7 Å². The summed E-state index contributed by atoms with van der Waals surface area (Å²) in [5, 5.41) is 44.9. The number of phenols is 2. The number of urea groups is 1. The van der Waals surface area contributed by atoms with Crippen LogP contribution in [-0.2, 0) is 37.4 Å². The fourth-order valence-electron chi connectivity index (χ4n) is 14.6. The van der Waals surface area contributed by atoms with Gasteiger partial charge in [0.2, 0.25) is 11.8 Å². The third-order valence-corrected chi connectivity index (χ3v) is 20.7. The van der Waals surface area contributed by atoms with E-state index in [1.54, 1.807) is 19.1 Å². The van der Waals surface area contributed by atoms with Gasteiger partial charge in [-0.05, 0) is 201 Å². The number of nitrogens with zero attached hydrogens (tertiary/aromatic N) is 4. The summed E-state index contributed by atoms with van der Waals surface area (Å²) in [7, 11) is 8.49. The molecule has 7 aliphatic rings. The minimum Gasteiger partial charge on any atom is -0.508 e. The molecule has 4 aliphatic heterocycles. The van der Waals surface area contributed by atoms with Crippen molar-refractivity contribution < 1.29 is 49.1 Å². The van der Waals surface area contributed by atoms with Gasteiger partial charge in [-0.25, -0.2) is 4.79 Å². The van der Waals surface area contributed by atoms with Gasteiger partial charge in [0.15, 0.2) is 23.4 Å². The van der Waals surface area contributed by atoms with Crippen molar-refractivity contribution in [2.45, 2.75) is 170 Å². The molecule has 8 atom stereocenters. The van der Waals surface area contributed by atoms with Crippen molar-refractivity contribution in [3.63, 3.8) is 0 Å². The quantitative estimate of drug-likeness (QED) is 0.0356. The number of Topliss-reactive ketones (excluding diaryl/α,β-unsaturated/α-hetero) is 1. The molecular formula is C75H100N6O10S. The molecule has 92 heavy (non-hydrogen) atoms. The van der Waals surface area contributed by atoms with Crippen LogP contribution in [0.1, 0.15) is 146 Å². The van der Waals surface area contributed by atoms with E-state index in [1.807, 2.05) is 68.1 Å². The number of imide groups is 2. The van der Waals surface area contributed by atoms with Crippen LogP contribution in [0.2, 0.25) is 0 Å². The molecule has 0 radical (unpaired) electrons. The molecule has 496 valence electrons. The van der Waals surface area contributed by atoms with E-state index in [0.717, 1.165) is 74.5 Å². The summed E-state index contributed by atoms with van der Waals surface area (Å²) >= 11 is 1.87. The minimum atomic E-state index is -1.19. The van der Waals surface area contributed by atoms with Gasteiger partial charge in [0.1, 0.15) is 11.2 Å². The van der Waals surface area contributed by atoms with Gasteiger partial charge in [-0.1, -0.05) is 126 Å². The SMILES string of the molecule is C=CCC1(CC(C)C)C(=O)NC(=O)NC1=O.CC(C)Cc1ccc(C(C)C(=O)O)cc1.CC(CN1c2ccccc2Sc2ccccc21)N(C)C.CC[C@@H](c1cccc(O)c1)[C@@H](C)CN(C)C.O=C1CC[C@@]2(O)[C@H]3Cc4ccc(O)c5c4[C@@]2(CCN3CC2CC2)[C@H]1O5. The average Bonchev–Trinajstić information content (AvgIpc) is 1.42. The summed E-state index contributed by atoms with van der Waals surface area (Å²) in [6.07, 6.45) is 8.63. The lowest BCUT2D eigenvalue weighted by Gasteiger charge is -2.62. The summed E-state index contributed by atoms with van der Waals surface area (Å²) in [6.45, 7) is 24.2. The zero-order valence-electron chi connectivity index (χ0n) is 56.2. The van der Waals surface area contributed by atoms with Gasteiger partial charge in [-0.15, -0.1) is 6.58 Å². The van der Waals surface area contributed by atoms with E-state index in [9.17, 15) is 39.3 Å². The Morgan fingerprint density at radius 2 is 1.43 bits per heavy atom. The average molecular weight is 1280 g/mol. The largest absolute Gasteiger partial charge is 0.508 e. The molecule has 4 fully saturated rings. The number of carboxylic acid groups (broad SMARTS) is 1. The molecule has 2 saturated heterocycles. The van der Waals surface area contributed by atoms with E-state index in [2.05, 4.69) is 154 Å². The first-order valence-corrected chi connectivity index (χ1v) is 33.8. The fourth-order valence-corrected chi connectivity index (χ4v) is 15.7. The second kappa shape index (κ2) is 30.4. The molecule has 12 rings (SSSR count). The number of nitrogens with one attached hydrogen (secondary N) is 2. The molecule has 2 saturated carbocycles. The van der Waals surface area contributed by atoms with Crippen molar-refractivity contribution in [1.82, 2.24) is 25.3 Å². The molecule has 6 N–H and O–H groups in total. The molecule has 2 bridgehead atoms. The van der Waals surface area contributed by atoms with Gasteiger partial charge in [-0.2, -0.15) is 0 Å². The number of aliphatic carboxylic acids is 1. The third kappa shape index (κ3) is 15.6. The molecule has 2 unspecified atom stereocenters. The second-order valence-electron chi connectivity index (χ2n) is 27.8. The number of allylic oxidation sites excluding steroid dienone is 1. The molecule has 3 aliphatic carbocycles. The standard InChI is InChI=1S/C20H23NO4.C17H20N2S.C14H23NO.C13H18O2.C11H16N2O3/c22-13-4-3-12-9-15-20(24)6-5-14(23)18-19(20,16(12)17(13)25-18)7-8-21(15)10-11-1-2-11;1-13(18(2)3)12-19-14-8-4-6-10-16(14)20-17-11-7-5-9-15(17)19;1-5-14(11(2)10-15(3)4)12-7-6-8-13(16)9-12;1-9(2)8-11-4-6-12(7-5-11)10(3)13(14)15;1-4-5-11(6-7(2)3)8(14)12-10(16)13-9(11)15/h3-4,11,15,18,22,24H,1-2,5-10H2;4-11,13H,12H2,1-3H3;6-9,11,14,16H,5,10H2,1-4H3;4-7,9-10H,8H2,1-3H3,(H,14,15);4,7H,1,5-6H2,2-3H3,(H2,12,13,14,15,16)/t15-,18+,19+,20-;;11-,14+;;/m1.0../s1. The number of amides is 4. The maximum Gasteiger partial charge on any atom is 0.328 e. The van der Waals surface area contributed by atoms with Crippen molar-refractivity contribution in [2.75, 3.05) is 59.3 Å². The van der Waals surface area contributed by atoms with Crippen LogP contribution < -0.4 is 20.3 Å². The van der Waals surface area contributed by atoms with Gasteiger partial charge in [-0.3, -0.25) is 34.7 Å². The molecular weight excluding hydrogens is 1180 g/mol. The smallest absolute Gasteiger partial charge is 0.328 e. The first kappa shape index (κ1) is 70.8. The number of fused-ring (bicyclic) bond motifs is 2. The highest BCUT2D eigenvalue weighted by molar-refractivity contribution is 7.99. The Morgan fingerprint density at radius 3 is 1.98 bits per heavy atom. The fraction of sp³-hybridized carbons (Fsp3) is 0.507. The number of ketones is 1. The van der Waals surface area contributed by atoms with Crippen molar-refractivity contribution in [2.24, 2.45) is 29.1 Å². The van der Waals surface area contributed by atoms with Crippen molar-refractivity contribution in [3.05, 3.63) is 150 Å². The predicted octanol–water partition coefficient (Wildman–Crippen LogP) is 12.9. The molecule has 16 nitrogen and oxygen atoms in total. The number of piperidine rings is 1. The van der Waals surface area contributed by atoms with Crippen LogP contribution in [-0.4, -0.2) is 143 Å². The predicted molar refractivity (Wildman–Crippen MR) is 365 cm³/mol. The number of likely N-dealkylation sites (tertiary alicyclic amines) is 1. The zero-order valence-corrected chi connectivity index (χ0v) is 57.0. The molecule has 4 heterocycles. The Hall–Kier alpha value is -7.02. The number of carbonyl (C=O) groups excluding carboxylic acids is 4. The van der Waals surface area contributed by atoms with Crippen LogP contribution in [0.5, 0.6) is 17.2 Å². The Balaban J connectivity index is 0.000000151. The molecule has 5 aromatic rings. The van der Waals surface area contributed by atoms with Crippen LogP contribution in [0.15, 0.2) is 132 Å². The van der Waals surface area contributed by atoms with E-state index in [4.69, 9.17) is 9.84 Å². The summed E-state index contributed by atoms with van der Waals surface area (Å²) in [5.74, 6) is 1.43. The third-order valence-electron chi connectivity index (χ3n) is 19.6. The maximum absolute atomic E-state index is 12.7. The van der Waals surface area contributed by atoms with Crippen LogP contribution in [0.4, 0.5) is 16.2 Å². The van der Waals surface area contributed by atoms with E-state index in [-0.39, 0.29) is 29.9 Å². The number of hydrogen-bond donors (Lipinski definition) is 6. The minimum absolute atomic E-state index is 0.0454. The second-order valence-corrected chi connectivity index (χ2v) is 28.9. The first-order valence-electron chi connectivity index (χ1n) is 33.0. The van der Waals surface area contributed by atoms with Crippen LogP contribution in [0.3, 0.4) is 0 Å². The number of barbiturate groups is 1. The number of phenolic OH excluding ortho intramolecular Hbond substituents is 2.